The molecule has 0 aliphatic carbocycles. The van der Waals surface area contributed by atoms with Crippen molar-refractivity contribution < 1.29 is 19.0 Å². The van der Waals surface area contributed by atoms with Gasteiger partial charge in [0.1, 0.15) is 17.2 Å². The highest BCUT2D eigenvalue weighted by Gasteiger charge is 2.20. The Morgan fingerprint density at radius 1 is 0.893 bits per heavy atom. The number of rotatable bonds is 8. The van der Waals surface area contributed by atoms with E-state index >= 15 is 0 Å². The Balaban J connectivity index is 2.09. The molecule has 2 atom stereocenters. The topological polar surface area (TPSA) is 56.8 Å². The number of hydrogen-bond acceptors (Lipinski definition) is 4. The van der Waals surface area contributed by atoms with Crippen LogP contribution in [0.5, 0.6) is 17.2 Å². The third kappa shape index (κ3) is 5.18. The summed E-state index contributed by atoms with van der Waals surface area (Å²) in [7, 11) is 3.29. The van der Waals surface area contributed by atoms with Gasteiger partial charge in [0.2, 0.25) is 0 Å². The highest BCUT2D eigenvalue weighted by atomic mass is 16.5. The molecule has 0 saturated carbocycles. The summed E-state index contributed by atoms with van der Waals surface area (Å²) in [5, 5.41) is 3.05. The molecule has 0 unspecified atom stereocenters. The molecule has 2 aromatic carbocycles. The number of methoxy groups -OCH3 is 2. The summed E-state index contributed by atoms with van der Waals surface area (Å²) in [4.78, 5) is 12.6. The second kappa shape index (κ2) is 9.49. The molecule has 5 nitrogen and oxygen atoms in total. The van der Waals surface area contributed by atoms with Crippen LogP contribution in [0, 0.1) is 6.92 Å². The smallest absolute Gasteiger partial charge is 0.261 e. The average Bonchev–Trinajstić information content (AvgIpc) is 2.67. The zero-order valence-electron chi connectivity index (χ0n) is 17.8. The van der Waals surface area contributed by atoms with E-state index in [4.69, 9.17) is 14.2 Å². The van der Waals surface area contributed by atoms with Crippen LogP contribution in [0.1, 0.15) is 56.3 Å². The maximum Gasteiger partial charge on any atom is 0.261 e. The zero-order chi connectivity index (χ0) is 20.8. The fourth-order valence-corrected chi connectivity index (χ4v) is 3.13. The molecule has 0 fully saturated rings. The molecule has 0 bridgehead atoms. The molecule has 0 aromatic heterocycles. The molecular weight excluding hydrogens is 354 g/mol. The number of benzene rings is 2. The standard InChI is InChI=1S/C23H31NO4/c1-14(2)20-13-21(15(3)12-22(20)27-7)16(4)24-23(25)17(5)28-19-10-8-18(26-6)9-11-19/h8-14,16-17H,1-7H3,(H,24,25)/t16-,17-/m0/s1. The quantitative estimate of drug-likeness (QED) is 0.710. The summed E-state index contributed by atoms with van der Waals surface area (Å²) in [6.45, 7) is 10.0. The van der Waals surface area contributed by atoms with Crippen molar-refractivity contribution in [3.8, 4) is 17.2 Å². The lowest BCUT2D eigenvalue weighted by molar-refractivity contribution is -0.127. The molecule has 2 aromatic rings. The van der Waals surface area contributed by atoms with Gasteiger partial charge in [0.15, 0.2) is 6.10 Å². The van der Waals surface area contributed by atoms with Crippen LogP contribution in [-0.2, 0) is 4.79 Å². The van der Waals surface area contributed by atoms with Crippen LogP contribution in [0.2, 0.25) is 0 Å². The van der Waals surface area contributed by atoms with Gasteiger partial charge in [-0.3, -0.25) is 4.79 Å². The monoisotopic (exact) mass is 385 g/mol. The Morgan fingerprint density at radius 3 is 2.04 bits per heavy atom. The fraction of sp³-hybridized carbons (Fsp3) is 0.435. The number of amides is 1. The van der Waals surface area contributed by atoms with E-state index < -0.39 is 6.10 Å². The molecule has 0 heterocycles. The van der Waals surface area contributed by atoms with Crippen molar-refractivity contribution in [2.24, 2.45) is 0 Å². The van der Waals surface area contributed by atoms with Crippen LogP contribution in [0.4, 0.5) is 0 Å². The number of carbonyl (C=O) groups is 1. The van der Waals surface area contributed by atoms with E-state index in [0.717, 1.165) is 28.2 Å². The van der Waals surface area contributed by atoms with E-state index in [0.29, 0.717) is 11.7 Å². The summed E-state index contributed by atoms with van der Waals surface area (Å²) >= 11 is 0. The summed E-state index contributed by atoms with van der Waals surface area (Å²) in [6.07, 6.45) is -0.612. The third-order valence-corrected chi connectivity index (χ3v) is 4.81. The number of ether oxygens (including phenoxy) is 3. The Morgan fingerprint density at radius 2 is 1.50 bits per heavy atom. The molecule has 0 saturated heterocycles. The number of nitrogens with one attached hydrogen (secondary N) is 1. The Labute approximate surface area is 168 Å². The predicted octanol–water partition coefficient (Wildman–Crippen LogP) is 4.78. The van der Waals surface area contributed by atoms with Crippen molar-refractivity contribution in [1.82, 2.24) is 5.32 Å². The van der Waals surface area contributed by atoms with E-state index in [1.54, 1.807) is 45.4 Å². The first-order chi connectivity index (χ1) is 13.3. The van der Waals surface area contributed by atoms with Gasteiger partial charge in [-0.2, -0.15) is 0 Å². The SMILES string of the molecule is COc1ccc(O[C@@H](C)C(=O)N[C@@H](C)c2cc(C(C)C)c(OC)cc2C)cc1. The van der Waals surface area contributed by atoms with Gasteiger partial charge < -0.3 is 19.5 Å². The summed E-state index contributed by atoms with van der Waals surface area (Å²) in [5.41, 5.74) is 3.29. The number of hydrogen-bond donors (Lipinski definition) is 1. The summed E-state index contributed by atoms with van der Waals surface area (Å²) in [6, 6.07) is 11.2. The molecule has 5 heteroatoms. The van der Waals surface area contributed by atoms with Gasteiger partial charge in [0, 0.05) is 0 Å². The van der Waals surface area contributed by atoms with Gasteiger partial charge in [-0.25, -0.2) is 0 Å². The first kappa shape index (κ1) is 21.6. The minimum atomic E-state index is -0.612. The van der Waals surface area contributed by atoms with E-state index in [1.807, 2.05) is 19.9 Å². The summed E-state index contributed by atoms with van der Waals surface area (Å²) < 4.78 is 16.4. The van der Waals surface area contributed by atoms with Crippen LogP contribution < -0.4 is 19.5 Å². The van der Waals surface area contributed by atoms with Gasteiger partial charge in [0.25, 0.3) is 5.91 Å². The molecule has 2 rings (SSSR count). The van der Waals surface area contributed by atoms with Gasteiger partial charge in [-0.1, -0.05) is 13.8 Å². The molecule has 0 aliphatic rings. The van der Waals surface area contributed by atoms with Crippen molar-refractivity contribution in [2.45, 2.75) is 52.7 Å². The van der Waals surface area contributed by atoms with E-state index in [2.05, 4.69) is 25.2 Å². The van der Waals surface area contributed by atoms with Gasteiger partial charge in [-0.05, 0) is 79.8 Å². The molecule has 1 N–H and O–H groups in total. The van der Waals surface area contributed by atoms with Crippen LogP contribution in [0.25, 0.3) is 0 Å². The van der Waals surface area contributed by atoms with Crippen molar-refractivity contribution in [3.05, 3.63) is 53.1 Å². The highest BCUT2D eigenvalue weighted by molar-refractivity contribution is 5.81. The van der Waals surface area contributed by atoms with E-state index in [1.165, 1.54) is 0 Å². The predicted molar refractivity (Wildman–Crippen MR) is 111 cm³/mol. The first-order valence-corrected chi connectivity index (χ1v) is 9.56. The van der Waals surface area contributed by atoms with E-state index in [9.17, 15) is 4.79 Å². The lowest BCUT2D eigenvalue weighted by Crippen LogP contribution is -2.38. The van der Waals surface area contributed by atoms with Crippen molar-refractivity contribution >= 4 is 5.91 Å². The third-order valence-electron chi connectivity index (χ3n) is 4.81. The highest BCUT2D eigenvalue weighted by Crippen LogP contribution is 2.32. The Hall–Kier alpha value is -2.69. The second-order valence-corrected chi connectivity index (χ2v) is 7.27. The lowest BCUT2D eigenvalue weighted by Gasteiger charge is -2.22. The van der Waals surface area contributed by atoms with Crippen LogP contribution >= 0.6 is 0 Å². The normalized spacial score (nSPS) is 13.0. The molecule has 0 spiro atoms. The Bertz CT molecular complexity index is 799. The molecule has 152 valence electrons. The van der Waals surface area contributed by atoms with Crippen LogP contribution in [0.15, 0.2) is 36.4 Å². The lowest BCUT2D eigenvalue weighted by atomic mass is 9.93. The van der Waals surface area contributed by atoms with E-state index in [-0.39, 0.29) is 11.9 Å². The molecule has 0 radical (unpaired) electrons. The fourth-order valence-electron chi connectivity index (χ4n) is 3.13. The van der Waals surface area contributed by atoms with Gasteiger partial charge in [-0.15, -0.1) is 0 Å². The van der Waals surface area contributed by atoms with Crippen molar-refractivity contribution in [1.29, 1.82) is 0 Å². The van der Waals surface area contributed by atoms with Crippen LogP contribution in [0.3, 0.4) is 0 Å². The second-order valence-electron chi connectivity index (χ2n) is 7.27. The maximum absolute atomic E-state index is 12.6. The molecule has 0 aliphatic heterocycles. The van der Waals surface area contributed by atoms with Crippen molar-refractivity contribution in [3.63, 3.8) is 0 Å². The molecule has 28 heavy (non-hydrogen) atoms. The number of carbonyl (C=O) groups excluding carboxylic acids is 1. The minimum Gasteiger partial charge on any atom is -0.497 e. The minimum absolute atomic E-state index is 0.141. The first-order valence-electron chi connectivity index (χ1n) is 9.56. The average molecular weight is 386 g/mol. The Kier molecular flexibility index (Phi) is 7.32. The van der Waals surface area contributed by atoms with Gasteiger partial charge in [0.05, 0.1) is 20.3 Å². The largest absolute Gasteiger partial charge is 0.497 e. The van der Waals surface area contributed by atoms with Crippen LogP contribution in [-0.4, -0.2) is 26.2 Å². The summed E-state index contributed by atoms with van der Waals surface area (Å²) in [5.74, 6) is 2.41. The van der Waals surface area contributed by atoms with Crippen molar-refractivity contribution in [2.75, 3.05) is 14.2 Å². The zero-order valence-corrected chi connectivity index (χ0v) is 17.8. The molecule has 1 amide bonds. The van der Waals surface area contributed by atoms with Gasteiger partial charge >= 0.3 is 0 Å². The maximum atomic E-state index is 12.6. The number of aryl methyl sites for hydroxylation is 1. The molecular formula is C23H31NO4.